The Kier molecular flexibility index (Phi) is 4.66. The van der Waals surface area contributed by atoms with Gasteiger partial charge in [0, 0.05) is 24.8 Å². The number of hydrogen-bond acceptors (Lipinski definition) is 3. The van der Waals surface area contributed by atoms with Crippen molar-refractivity contribution in [2.24, 2.45) is 5.92 Å². The van der Waals surface area contributed by atoms with Crippen molar-refractivity contribution in [3.8, 4) is 5.75 Å². The molecule has 0 spiro atoms. The number of phenolic OH excluding ortho intramolecular Hbond substituents is 1. The number of hydrogen-bond donors (Lipinski definition) is 2. The van der Waals surface area contributed by atoms with Gasteiger partial charge in [-0.05, 0) is 37.8 Å². The molecule has 0 heterocycles. The van der Waals surface area contributed by atoms with E-state index in [0.29, 0.717) is 24.1 Å². The summed E-state index contributed by atoms with van der Waals surface area (Å²) in [7, 11) is 0. The lowest BCUT2D eigenvalue weighted by molar-refractivity contribution is -0.119. The van der Waals surface area contributed by atoms with Crippen LogP contribution in [0.5, 0.6) is 5.75 Å². The summed E-state index contributed by atoms with van der Waals surface area (Å²) >= 11 is 5.70. The molecular formula is C14H18ClNO3. The number of benzene rings is 1. The summed E-state index contributed by atoms with van der Waals surface area (Å²) in [6.45, 7) is 2.71. The number of ether oxygens (including phenoxy) is 1. The summed E-state index contributed by atoms with van der Waals surface area (Å²) in [5, 5.41) is 12.5. The zero-order valence-electron chi connectivity index (χ0n) is 10.9. The first-order valence-corrected chi connectivity index (χ1v) is 6.86. The number of amides is 1. The Hall–Kier alpha value is -1.26. The zero-order chi connectivity index (χ0) is 13.8. The van der Waals surface area contributed by atoms with Crippen LogP contribution in [0.4, 0.5) is 5.69 Å². The molecule has 1 amide bonds. The van der Waals surface area contributed by atoms with Crippen LogP contribution in [-0.4, -0.2) is 23.7 Å². The predicted octanol–water partition coefficient (Wildman–Crippen LogP) is 3.19. The third-order valence-electron chi connectivity index (χ3n) is 3.30. The van der Waals surface area contributed by atoms with Gasteiger partial charge >= 0.3 is 0 Å². The Morgan fingerprint density at radius 1 is 1.53 bits per heavy atom. The van der Waals surface area contributed by atoms with E-state index < -0.39 is 0 Å². The fraction of sp³-hybridized carbons (Fsp3) is 0.500. The number of nitrogens with one attached hydrogen (secondary N) is 1. The van der Waals surface area contributed by atoms with Crippen LogP contribution >= 0.6 is 11.6 Å². The quantitative estimate of drug-likeness (QED) is 0.872. The van der Waals surface area contributed by atoms with Gasteiger partial charge in [-0.3, -0.25) is 4.79 Å². The number of anilines is 1. The summed E-state index contributed by atoms with van der Waals surface area (Å²) in [5.41, 5.74) is 0.563. The molecule has 1 fully saturated rings. The molecular weight excluding hydrogens is 266 g/mol. The number of carbonyl (C=O) groups excluding carboxylic acids is 1. The SMILES string of the molecule is CCOC1CC(CC(=O)Nc2ccc(Cl)c(O)c2)C1. The molecule has 4 nitrogen and oxygen atoms in total. The Morgan fingerprint density at radius 3 is 2.89 bits per heavy atom. The normalized spacial score (nSPS) is 21.8. The van der Waals surface area contributed by atoms with Crippen molar-refractivity contribution in [3.63, 3.8) is 0 Å². The van der Waals surface area contributed by atoms with Gasteiger partial charge < -0.3 is 15.2 Å². The monoisotopic (exact) mass is 283 g/mol. The summed E-state index contributed by atoms with van der Waals surface area (Å²) < 4.78 is 5.46. The molecule has 1 aliphatic carbocycles. The minimum absolute atomic E-state index is 0.0282. The Bertz CT molecular complexity index is 458. The van der Waals surface area contributed by atoms with Gasteiger partial charge in [0.05, 0.1) is 11.1 Å². The maximum atomic E-state index is 11.8. The van der Waals surface area contributed by atoms with Gasteiger partial charge in [-0.2, -0.15) is 0 Å². The van der Waals surface area contributed by atoms with Crippen LogP contribution in [0.25, 0.3) is 0 Å². The molecule has 0 aliphatic heterocycles. The smallest absolute Gasteiger partial charge is 0.224 e. The molecule has 1 aromatic carbocycles. The molecule has 2 N–H and O–H groups in total. The van der Waals surface area contributed by atoms with Crippen molar-refractivity contribution in [3.05, 3.63) is 23.2 Å². The lowest BCUT2D eigenvalue weighted by Crippen LogP contribution is -2.33. The Balaban J connectivity index is 1.77. The van der Waals surface area contributed by atoms with Crippen molar-refractivity contribution < 1.29 is 14.6 Å². The van der Waals surface area contributed by atoms with E-state index in [4.69, 9.17) is 16.3 Å². The molecule has 0 bridgehead atoms. The first-order valence-electron chi connectivity index (χ1n) is 6.48. The maximum absolute atomic E-state index is 11.8. The van der Waals surface area contributed by atoms with Crippen LogP contribution in [0.2, 0.25) is 5.02 Å². The number of halogens is 1. The first-order chi connectivity index (χ1) is 9.08. The van der Waals surface area contributed by atoms with Crippen LogP contribution in [0.15, 0.2) is 18.2 Å². The second-order valence-corrected chi connectivity index (χ2v) is 5.24. The fourth-order valence-electron chi connectivity index (χ4n) is 2.28. The summed E-state index contributed by atoms with van der Waals surface area (Å²) in [6.07, 6.45) is 2.72. The highest BCUT2D eigenvalue weighted by Crippen LogP contribution is 2.33. The summed E-state index contributed by atoms with van der Waals surface area (Å²) in [5.74, 6) is 0.332. The van der Waals surface area contributed by atoms with E-state index in [2.05, 4.69) is 5.32 Å². The Labute approximate surface area is 117 Å². The van der Waals surface area contributed by atoms with E-state index in [1.807, 2.05) is 6.92 Å². The average Bonchev–Trinajstić information content (AvgIpc) is 2.31. The second kappa shape index (κ2) is 6.26. The van der Waals surface area contributed by atoms with E-state index >= 15 is 0 Å². The standard InChI is InChI=1S/C14H18ClNO3/c1-2-19-11-5-9(6-11)7-14(18)16-10-3-4-12(15)13(17)8-10/h3-4,8-9,11,17H,2,5-7H2,1H3,(H,16,18). The summed E-state index contributed by atoms with van der Waals surface area (Å²) in [6, 6.07) is 4.68. The topological polar surface area (TPSA) is 58.6 Å². The third kappa shape index (κ3) is 3.85. The van der Waals surface area contributed by atoms with Crippen LogP contribution in [0.3, 0.4) is 0 Å². The van der Waals surface area contributed by atoms with Crippen molar-refractivity contribution >= 4 is 23.2 Å². The molecule has 104 valence electrons. The van der Waals surface area contributed by atoms with E-state index in [1.54, 1.807) is 12.1 Å². The molecule has 1 aromatic rings. The van der Waals surface area contributed by atoms with Crippen LogP contribution < -0.4 is 5.32 Å². The average molecular weight is 284 g/mol. The molecule has 0 radical (unpaired) electrons. The van der Waals surface area contributed by atoms with Crippen molar-refractivity contribution in [1.29, 1.82) is 0 Å². The van der Waals surface area contributed by atoms with Gasteiger partial charge in [-0.1, -0.05) is 11.6 Å². The number of carbonyl (C=O) groups is 1. The molecule has 0 unspecified atom stereocenters. The molecule has 0 saturated heterocycles. The zero-order valence-corrected chi connectivity index (χ0v) is 11.6. The highest BCUT2D eigenvalue weighted by atomic mass is 35.5. The van der Waals surface area contributed by atoms with Crippen molar-refractivity contribution in [2.75, 3.05) is 11.9 Å². The van der Waals surface area contributed by atoms with Gasteiger partial charge in [-0.25, -0.2) is 0 Å². The van der Waals surface area contributed by atoms with Crippen LogP contribution in [-0.2, 0) is 9.53 Å². The van der Waals surface area contributed by atoms with Crippen LogP contribution in [0.1, 0.15) is 26.2 Å². The number of phenols is 1. The van der Waals surface area contributed by atoms with Crippen LogP contribution in [0, 0.1) is 5.92 Å². The molecule has 5 heteroatoms. The van der Waals surface area contributed by atoms with E-state index in [9.17, 15) is 9.90 Å². The number of aromatic hydroxyl groups is 1. The van der Waals surface area contributed by atoms with Gasteiger partial charge in [0.2, 0.25) is 5.91 Å². The highest BCUT2D eigenvalue weighted by molar-refractivity contribution is 6.32. The molecule has 0 atom stereocenters. The number of rotatable bonds is 5. The van der Waals surface area contributed by atoms with Crippen molar-refractivity contribution in [1.82, 2.24) is 0 Å². The lowest BCUT2D eigenvalue weighted by atomic mass is 9.80. The van der Waals surface area contributed by atoms with E-state index in [1.165, 1.54) is 6.07 Å². The molecule has 19 heavy (non-hydrogen) atoms. The van der Waals surface area contributed by atoms with Gasteiger partial charge in [-0.15, -0.1) is 0 Å². The minimum atomic E-state index is -0.0401. The fourth-order valence-corrected chi connectivity index (χ4v) is 2.40. The highest BCUT2D eigenvalue weighted by Gasteiger charge is 2.30. The van der Waals surface area contributed by atoms with Gasteiger partial charge in [0.25, 0.3) is 0 Å². The maximum Gasteiger partial charge on any atom is 0.224 e. The molecule has 0 aromatic heterocycles. The van der Waals surface area contributed by atoms with E-state index in [0.717, 1.165) is 19.4 Å². The Morgan fingerprint density at radius 2 is 2.26 bits per heavy atom. The van der Waals surface area contributed by atoms with Crippen molar-refractivity contribution in [2.45, 2.75) is 32.3 Å². The molecule has 2 rings (SSSR count). The summed E-state index contributed by atoms with van der Waals surface area (Å²) in [4.78, 5) is 11.8. The predicted molar refractivity (Wildman–Crippen MR) is 74.5 cm³/mol. The lowest BCUT2D eigenvalue weighted by Gasteiger charge is -2.34. The largest absolute Gasteiger partial charge is 0.506 e. The third-order valence-corrected chi connectivity index (χ3v) is 3.62. The van der Waals surface area contributed by atoms with Gasteiger partial charge in [0.15, 0.2) is 0 Å². The molecule has 1 aliphatic rings. The molecule has 1 saturated carbocycles. The minimum Gasteiger partial charge on any atom is -0.506 e. The second-order valence-electron chi connectivity index (χ2n) is 4.83. The van der Waals surface area contributed by atoms with E-state index in [-0.39, 0.29) is 16.7 Å². The first kappa shape index (κ1) is 14.2. The van der Waals surface area contributed by atoms with Gasteiger partial charge in [0.1, 0.15) is 5.75 Å².